The van der Waals surface area contributed by atoms with E-state index in [4.69, 9.17) is 14.2 Å². The Labute approximate surface area is 211 Å². The lowest BCUT2D eigenvalue weighted by Crippen LogP contribution is -2.36. The van der Waals surface area contributed by atoms with Gasteiger partial charge in [-0.05, 0) is 75.4 Å². The third-order valence-corrected chi connectivity index (χ3v) is 6.87. The molecule has 0 saturated carbocycles. The van der Waals surface area contributed by atoms with Crippen LogP contribution in [0.25, 0.3) is 11.3 Å². The maximum atomic E-state index is 13.7. The van der Waals surface area contributed by atoms with Crippen molar-refractivity contribution in [2.24, 2.45) is 0 Å². The fourth-order valence-corrected chi connectivity index (χ4v) is 5.42. The minimum absolute atomic E-state index is 0.0135. The van der Waals surface area contributed by atoms with Crippen LogP contribution in [-0.4, -0.2) is 58.6 Å². The summed E-state index contributed by atoms with van der Waals surface area (Å²) in [5.41, 5.74) is 5.16. The van der Waals surface area contributed by atoms with Crippen LogP contribution in [0.2, 0.25) is 0 Å². The van der Waals surface area contributed by atoms with E-state index in [1.807, 2.05) is 56.9 Å². The number of phenols is 1. The number of carbonyl (C=O) groups excluding carboxylic acids is 1. The van der Waals surface area contributed by atoms with E-state index < -0.39 is 6.04 Å². The van der Waals surface area contributed by atoms with Gasteiger partial charge in [-0.3, -0.25) is 9.89 Å². The van der Waals surface area contributed by atoms with Crippen LogP contribution in [0, 0.1) is 13.8 Å². The van der Waals surface area contributed by atoms with Gasteiger partial charge in [0.1, 0.15) is 17.1 Å². The number of aromatic amines is 1. The van der Waals surface area contributed by atoms with Gasteiger partial charge >= 0.3 is 0 Å². The van der Waals surface area contributed by atoms with Crippen molar-refractivity contribution in [3.05, 3.63) is 58.3 Å². The summed E-state index contributed by atoms with van der Waals surface area (Å²) < 4.78 is 17.6. The molecule has 1 fully saturated rings. The second-order valence-corrected chi connectivity index (χ2v) is 9.40. The van der Waals surface area contributed by atoms with Gasteiger partial charge in [-0.25, -0.2) is 0 Å². The van der Waals surface area contributed by atoms with E-state index in [9.17, 15) is 9.90 Å². The number of nitrogens with zero attached hydrogens (tertiary/aromatic N) is 2. The Hall–Kier alpha value is -3.52. The number of aryl methyl sites for hydroxylation is 2. The normalized spacial score (nSPS) is 19.1. The summed E-state index contributed by atoms with van der Waals surface area (Å²) in [5, 5.41) is 18.4. The smallest absolute Gasteiger partial charge is 0.273 e. The Morgan fingerprint density at radius 1 is 1.14 bits per heavy atom. The topological polar surface area (TPSA) is 96.9 Å². The van der Waals surface area contributed by atoms with Crippen LogP contribution in [0.5, 0.6) is 17.2 Å². The van der Waals surface area contributed by atoms with Gasteiger partial charge < -0.3 is 24.2 Å². The first kappa shape index (κ1) is 24.2. The van der Waals surface area contributed by atoms with Gasteiger partial charge in [0.25, 0.3) is 5.91 Å². The number of hydrogen-bond donors (Lipinski definition) is 2. The molecule has 8 heteroatoms. The molecule has 0 spiro atoms. The number of aromatic hydroxyl groups is 1. The highest BCUT2D eigenvalue weighted by molar-refractivity contribution is 6.00. The zero-order valence-corrected chi connectivity index (χ0v) is 21.3. The number of carbonyl (C=O) groups is 1. The van der Waals surface area contributed by atoms with Crippen molar-refractivity contribution in [2.75, 3.05) is 26.4 Å². The van der Waals surface area contributed by atoms with Crippen molar-refractivity contribution in [2.45, 2.75) is 52.7 Å². The van der Waals surface area contributed by atoms with Crippen LogP contribution in [0.1, 0.15) is 65.5 Å². The number of ether oxygens (including phenoxy) is 3. The maximum Gasteiger partial charge on any atom is 0.273 e. The van der Waals surface area contributed by atoms with Crippen LogP contribution < -0.4 is 9.47 Å². The van der Waals surface area contributed by atoms with Crippen LogP contribution in [0.3, 0.4) is 0 Å². The fraction of sp³-hybridized carbons (Fsp3) is 0.429. The standard InChI is InChI=1S/C28H33N3O5/c1-5-34-21-10-9-18(14-22(21)35-6-2)27-24-25(23-17(4)12-16(3)13-20(23)32)29-30-26(24)28(33)31(27)15-19-8-7-11-36-19/h9-10,12-14,19,27,32H,5-8,11,15H2,1-4H3,(H,29,30). The highest BCUT2D eigenvalue weighted by atomic mass is 16.5. The van der Waals surface area contributed by atoms with Crippen molar-refractivity contribution in [1.29, 1.82) is 0 Å². The Bertz CT molecular complexity index is 1260. The van der Waals surface area contributed by atoms with E-state index in [1.54, 1.807) is 6.07 Å². The molecule has 8 nitrogen and oxygen atoms in total. The zero-order valence-electron chi connectivity index (χ0n) is 21.3. The second-order valence-electron chi connectivity index (χ2n) is 9.40. The number of fused-ring (bicyclic) bond motifs is 1. The lowest BCUT2D eigenvalue weighted by atomic mass is 9.93. The molecule has 2 aromatic carbocycles. The number of aromatic nitrogens is 2. The van der Waals surface area contributed by atoms with Gasteiger partial charge in [-0.2, -0.15) is 5.10 Å². The third kappa shape index (κ3) is 4.19. The molecule has 1 aromatic heterocycles. The quantitative estimate of drug-likeness (QED) is 0.464. The fourth-order valence-electron chi connectivity index (χ4n) is 5.42. The van der Waals surface area contributed by atoms with Crippen molar-refractivity contribution in [3.8, 4) is 28.5 Å². The number of rotatable bonds is 8. The minimum atomic E-state index is -0.416. The summed E-state index contributed by atoms with van der Waals surface area (Å²) in [4.78, 5) is 15.6. The average Bonchev–Trinajstić information content (AvgIpc) is 3.55. The Balaban J connectivity index is 1.66. The number of amides is 1. The molecule has 0 aliphatic carbocycles. The first-order valence-electron chi connectivity index (χ1n) is 12.6. The molecule has 2 unspecified atom stereocenters. The van der Waals surface area contributed by atoms with Crippen molar-refractivity contribution in [1.82, 2.24) is 15.1 Å². The first-order chi connectivity index (χ1) is 17.4. The van der Waals surface area contributed by atoms with Gasteiger partial charge in [-0.1, -0.05) is 12.1 Å². The molecule has 2 aliphatic rings. The lowest BCUT2D eigenvalue weighted by Gasteiger charge is -2.29. The molecule has 0 bridgehead atoms. The van der Waals surface area contributed by atoms with E-state index in [0.717, 1.165) is 35.1 Å². The third-order valence-electron chi connectivity index (χ3n) is 6.87. The molecule has 5 rings (SSSR count). The maximum absolute atomic E-state index is 13.7. The van der Waals surface area contributed by atoms with E-state index in [2.05, 4.69) is 10.2 Å². The number of benzene rings is 2. The van der Waals surface area contributed by atoms with Gasteiger partial charge in [0.15, 0.2) is 11.5 Å². The summed E-state index contributed by atoms with van der Waals surface area (Å²) in [5.74, 6) is 1.32. The van der Waals surface area contributed by atoms with E-state index >= 15 is 0 Å². The monoisotopic (exact) mass is 491 g/mol. The molecular formula is C28H33N3O5. The van der Waals surface area contributed by atoms with Gasteiger partial charge in [0.05, 0.1) is 25.4 Å². The Kier molecular flexibility index (Phi) is 6.62. The molecule has 1 amide bonds. The van der Waals surface area contributed by atoms with Crippen molar-refractivity contribution < 1.29 is 24.1 Å². The average molecular weight is 492 g/mol. The summed E-state index contributed by atoms with van der Waals surface area (Å²) in [7, 11) is 0. The predicted octanol–water partition coefficient (Wildman–Crippen LogP) is 4.92. The highest BCUT2D eigenvalue weighted by Gasteiger charge is 2.44. The van der Waals surface area contributed by atoms with Crippen LogP contribution >= 0.6 is 0 Å². The van der Waals surface area contributed by atoms with Crippen LogP contribution in [0.15, 0.2) is 30.3 Å². The summed E-state index contributed by atoms with van der Waals surface area (Å²) >= 11 is 0. The molecular weight excluding hydrogens is 458 g/mol. The van der Waals surface area contributed by atoms with Crippen molar-refractivity contribution >= 4 is 5.91 Å². The summed E-state index contributed by atoms with van der Waals surface area (Å²) in [6.07, 6.45) is 1.89. The summed E-state index contributed by atoms with van der Waals surface area (Å²) in [6, 6.07) is 9.13. The molecule has 190 valence electrons. The number of H-pyrrole nitrogens is 1. The SMILES string of the molecule is CCOc1ccc(C2c3c(-c4c(C)cc(C)cc4O)n[nH]c3C(=O)N2CC2CCCO2)cc1OCC. The largest absolute Gasteiger partial charge is 0.507 e. The Morgan fingerprint density at radius 2 is 1.92 bits per heavy atom. The molecule has 36 heavy (non-hydrogen) atoms. The van der Waals surface area contributed by atoms with Crippen molar-refractivity contribution in [3.63, 3.8) is 0 Å². The number of nitrogens with one attached hydrogen (secondary N) is 1. The molecule has 2 N–H and O–H groups in total. The molecule has 2 atom stereocenters. The molecule has 2 aliphatic heterocycles. The van der Waals surface area contributed by atoms with Crippen LogP contribution in [0.4, 0.5) is 0 Å². The molecule has 1 saturated heterocycles. The molecule has 3 aromatic rings. The van der Waals surface area contributed by atoms with Gasteiger partial charge in [0, 0.05) is 24.3 Å². The summed E-state index contributed by atoms with van der Waals surface area (Å²) in [6.45, 7) is 9.95. The van der Waals surface area contributed by atoms with Gasteiger partial charge in [-0.15, -0.1) is 0 Å². The van der Waals surface area contributed by atoms with E-state index in [1.165, 1.54) is 0 Å². The van der Waals surface area contributed by atoms with Gasteiger partial charge in [0.2, 0.25) is 0 Å². The van der Waals surface area contributed by atoms with E-state index in [0.29, 0.717) is 54.8 Å². The molecule has 0 radical (unpaired) electrons. The van der Waals surface area contributed by atoms with Crippen LogP contribution in [-0.2, 0) is 4.74 Å². The highest BCUT2D eigenvalue weighted by Crippen LogP contribution is 2.47. The number of phenolic OH excluding ortho intramolecular Hbond substituents is 1. The molecule has 3 heterocycles. The first-order valence-corrected chi connectivity index (χ1v) is 12.6. The predicted molar refractivity (Wildman–Crippen MR) is 136 cm³/mol. The number of hydrogen-bond acceptors (Lipinski definition) is 6. The Morgan fingerprint density at radius 3 is 2.61 bits per heavy atom. The van der Waals surface area contributed by atoms with E-state index in [-0.39, 0.29) is 17.8 Å². The second kappa shape index (κ2) is 9.85. The lowest BCUT2D eigenvalue weighted by molar-refractivity contribution is 0.0495. The minimum Gasteiger partial charge on any atom is -0.507 e. The zero-order chi connectivity index (χ0) is 25.4.